The first-order valence-corrected chi connectivity index (χ1v) is 7.07. The first-order valence-electron chi connectivity index (χ1n) is 5.69. The molecule has 100 valence electrons. The third-order valence-electron chi connectivity index (χ3n) is 2.46. The van der Waals surface area contributed by atoms with Crippen LogP contribution in [0.25, 0.3) is 0 Å². The average Bonchev–Trinajstić information content (AvgIpc) is 2.26. The van der Waals surface area contributed by atoms with E-state index in [-0.39, 0.29) is 11.5 Å². The number of Topliss-reactive ketones (excluding diaryl/α,β-unsaturated/α-hetero) is 1. The van der Waals surface area contributed by atoms with Crippen LogP contribution >= 0.6 is 0 Å². The van der Waals surface area contributed by atoms with Gasteiger partial charge in [0.1, 0.15) is 11.6 Å². The Morgan fingerprint density at radius 2 is 1.89 bits per heavy atom. The van der Waals surface area contributed by atoms with E-state index >= 15 is 0 Å². The second kappa shape index (κ2) is 6.18. The van der Waals surface area contributed by atoms with Crippen molar-refractivity contribution in [3.05, 3.63) is 35.4 Å². The molecule has 0 saturated heterocycles. The fourth-order valence-corrected chi connectivity index (χ4v) is 2.81. The van der Waals surface area contributed by atoms with E-state index < -0.39 is 33.5 Å². The number of rotatable bonds is 5. The van der Waals surface area contributed by atoms with Gasteiger partial charge in [-0.3, -0.25) is 9.00 Å². The van der Waals surface area contributed by atoms with E-state index in [1.807, 2.05) is 13.8 Å². The molecule has 0 amide bonds. The predicted molar refractivity (Wildman–Crippen MR) is 68.0 cm³/mol. The maximum Gasteiger partial charge on any atom is 0.181 e. The molecule has 2 nitrogen and oxygen atoms in total. The summed E-state index contributed by atoms with van der Waals surface area (Å²) < 4.78 is 38.0. The molecule has 0 aliphatic rings. The number of hydrogen-bond donors (Lipinski definition) is 0. The van der Waals surface area contributed by atoms with Gasteiger partial charge in [0.2, 0.25) is 0 Å². The second-order valence-corrected chi connectivity index (χ2v) is 6.37. The van der Waals surface area contributed by atoms with Gasteiger partial charge in [0.25, 0.3) is 0 Å². The second-order valence-electron chi connectivity index (χ2n) is 4.57. The molecule has 1 rings (SSSR count). The Morgan fingerprint density at radius 3 is 2.39 bits per heavy atom. The summed E-state index contributed by atoms with van der Waals surface area (Å²) in [6.07, 6.45) is 0. The molecule has 0 fully saturated rings. The Kier molecular flexibility index (Phi) is 5.14. The zero-order valence-corrected chi connectivity index (χ0v) is 11.4. The molecule has 2 atom stereocenters. The lowest BCUT2D eigenvalue weighted by Crippen LogP contribution is -2.26. The number of ketones is 1. The SMILES string of the molecule is CC(C)CS(=O)C(C)C(=O)c1ccc(F)cc1F. The summed E-state index contributed by atoms with van der Waals surface area (Å²) in [5.41, 5.74) is -0.207. The monoisotopic (exact) mass is 274 g/mol. The summed E-state index contributed by atoms with van der Waals surface area (Å²) in [6, 6.07) is 2.77. The molecule has 18 heavy (non-hydrogen) atoms. The highest BCUT2D eigenvalue weighted by Crippen LogP contribution is 2.15. The van der Waals surface area contributed by atoms with Crippen LogP contribution in [0.3, 0.4) is 0 Å². The molecular formula is C13H16F2O2S. The van der Waals surface area contributed by atoms with Crippen molar-refractivity contribution in [2.24, 2.45) is 5.92 Å². The van der Waals surface area contributed by atoms with Gasteiger partial charge in [-0.1, -0.05) is 13.8 Å². The molecule has 0 saturated carbocycles. The van der Waals surface area contributed by atoms with Gasteiger partial charge >= 0.3 is 0 Å². The summed E-state index contributed by atoms with van der Waals surface area (Å²) in [4.78, 5) is 11.9. The Bertz CT molecular complexity index is 472. The molecule has 2 unspecified atom stereocenters. The minimum atomic E-state index is -1.35. The lowest BCUT2D eigenvalue weighted by Gasteiger charge is -2.12. The molecular weight excluding hydrogens is 258 g/mol. The van der Waals surface area contributed by atoms with Crippen molar-refractivity contribution in [3.8, 4) is 0 Å². The summed E-state index contributed by atoms with van der Waals surface area (Å²) in [6.45, 7) is 5.30. The van der Waals surface area contributed by atoms with Gasteiger partial charge in [-0.05, 0) is 25.0 Å². The lowest BCUT2D eigenvalue weighted by atomic mass is 10.1. The maximum atomic E-state index is 13.4. The molecule has 0 heterocycles. The summed E-state index contributed by atoms with van der Waals surface area (Å²) in [5, 5.41) is -0.785. The highest BCUT2D eigenvalue weighted by atomic mass is 32.2. The summed E-state index contributed by atoms with van der Waals surface area (Å²) in [5.74, 6) is -1.62. The Labute approximate surface area is 108 Å². The molecule has 0 spiro atoms. The average molecular weight is 274 g/mol. The van der Waals surface area contributed by atoms with Gasteiger partial charge in [0.15, 0.2) is 5.78 Å². The number of halogens is 2. The van der Waals surface area contributed by atoms with E-state index in [0.717, 1.165) is 12.1 Å². The first-order chi connectivity index (χ1) is 8.32. The summed E-state index contributed by atoms with van der Waals surface area (Å²) in [7, 11) is -1.35. The fraction of sp³-hybridized carbons (Fsp3) is 0.462. The lowest BCUT2D eigenvalue weighted by molar-refractivity contribution is 0.0988. The molecule has 0 N–H and O–H groups in total. The van der Waals surface area contributed by atoms with Crippen LogP contribution in [0.15, 0.2) is 18.2 Å². The van der Waals surface area contributed by atoms with E-state index in [2.05, 4.69) is 0 Å². The quantitative estimate of drug-likeness (QED) is 0.774. The van der Waals surface area contributed by atoms with Crippen LogP contribution in [-0.4, -0.2) is 21.0 Å². The molecule has 5 heteroatoms. The van der Waals surface area contributed by atoms with Gasteiger partial charge in [-0.25, -0.2) is 8.78 Å². The predicted octanol–water partition coefficient (Wildman–Crippen LogP) is 2.94. The zero-order valence-electron chi connectivity index (χ0n) is 10.6. The van der Waals surface area contributed by atoms with Gasteiger partial charge in [-0.2, -0.15) is 0 Å². The Morgan fingerprint density at radius 1 is 1.28 bits per heavy atom. The van der Waals surface area contributed by atoms with E-state index in [1.165, 1.54) is 6.92 Å². The topological polar surface area (TPSA) is 34.1 Å². The fourth-order valence-electron chi connectivity index (χ4n) is 1.50. The van der Waals surface area contributed by atoms with Crippen molar-refractivity contribution in [2.45, 2.75) is 26.0 Å². The standard InChI is InChI=1S/C13H16F2O2S/c1-8(2)7-18(17)9(3)13(16)11-5-4-10(14)6-12(11)15/h4-6,8-9H,7H2,1-3H3. The molecule has 0 aliphatic heterocycles. The molecule has 1 aromatic rings. The normalized spacial score (nSPS) is 14.6. The largest absolute Gasteiger partial charge is 0.293 e. The zero-order chi connectivity index (χ0) is 13.9. The van der Waals surface area contributed by atoms with Crippen molar-refractivity contribution in [1.82, 2.24) is 0 Å². The van der Waals surface area contributed by atoms with E-state index in [9.17, 15) is 17.8 Å². The minimum absolute atomic E-state index is 0.194. The van der Waals surface area contributed by atoms with Gasteiger partial charge in [0, 0.05) is 22.6 Å². The Balaban J connectivity index is 2.90. The maximum absolute atomic E-state index is 13.4. The molecule has 0 radical (unpaired) electrons. The third-order valence-corrected chi connectivity index (χ3v) is 4.46. The van der Waals surface area contributed by atoms with Crippen LogP contribution in [0, 0.1) is 17.6 Å². The van der Waals surface area contributed by atoms with Crippen LogP contribution in [-0.2, 0) is 10.8 Å². The van der Waals surface area contributed by atoms with Gasteiger partial charge < -0.3 is 0 Å². The number of carbonyl (C=O) groups excluding carboxylic acids is 1. The van der Waals surface area contributed by atoms with Crippen molar-refractivity contribution >= 4 is 16.6 Å². The summed E-state index contributed by atoms with van der Waals surface area (Å²) >= 11 is 0. The highest BCUT2D eigenvalue weighted by Gasteiger charge is 2.24. The van der Waals surface area contributed by atoms with Crippen LogP contribution in [0.2, 0.25) is 0 Å². The van der Waals surface area contributed by atoms with E-state index in [0.29, 0.717) is 11.8 Å². The molecule has 0 bridgehead atoms. The smallest absolute Gasteiger partial charge is 0.181 e. The van der Waals surface area contributed by atoms with Crippen molar-refractivity contribution in [3.63, 3.8) is 0 Å². The van der Waals surface area contributed by atoms with Crippen LogP contribution in [0.4, 0.5) is 8.78 Å². The van der Waals surface area contributed by atoms with E-state index in [4.69, 9.17) is 0 Å². The van der Waals surface area contributed by atoms with Gasteiger partial charge in [-0.15, -0.1) is 0 Å². The van der Waals surface area contributed by atoms with Crippen LogP contribution in [0.1, 0.15) is 31.1 Å². The highest BCUT2D eigenvalue weighted by molar-refractivity contribution is 7.86. The van der Waals surface area contributed by atoms with Crippen LogP contribution in [0.5, 0.6) is 0 Å². The number of hydrogen-bond acceptors (Lipinski definition) is 2. The van der Waals surface area contributed by atoms with Crippen molar-refractivity contribution < 1.29 is 17.8 Å². The van der Waals surface area contributed by atoms with Gasteiger partial charge in [0.05, 0.1) is 10.8 Å². The van der Waals surface area contributed by atoms with E-state index in [1.54, 1.807) is 0 Å². The van der Waals surface area contributed by atoms with Crippen molar-refractivity contribution in [1.29, 1.82) is 0 Å². The molecule has 1 aromatic carbocycles. The third kappa shape index (κ3) is 3.70. The number of carbonyl (C=O) groups is 1. The van der Waals surface area contributed by atoms with Crippen LogP contribution < -0.4 is 0 Å². The van der Waals surface area contributed by atoms with Crippen molar-refractivity contribution in [2.75, 3.05) is 5.75 Å². The molecule has 0 aliphatic carbocycles. The minimum Gasteiger partial charge on any atom is -0.293 e. The Hall–Kier alpha value is -1.10. The number of benzene rings is 1. The first kappa shape index (κ1) is 15.0. The molecule has 0 aromatic heterocycles.